The van der Waals surface area contributed by atoms with Gasteiger partial charge in [-0.25, -0.2) is 4.79 Å². The number of thioether (sulfide) groups is 1. The molecule has 0 aliphatic carbocycles. The van der Waals surface area contributed by atoms with Crippen LogP contribution in [-0.4, -0.2) is 62.8 Å². The van der Waals surface area contributed by atoms with Gasteiger partial charge in [-0.2, -0.15) is 16.4 Å². The Morgan fingerprint density at radius 1 is 1.35 bits per heavy atom. The third kappa shape index (κ3) is 3.39. The minimum Gasteiger partial charge on any atom is -0.494 e. The molecule has 3 rings (SSSR count). The van der Waals surface area contributed by atoms with Gasteiger partial charge in [0.1, 0.15) is 11.4 Å². The maximum absolute atomic E-state index is 12.3. The van der Waals surface area contributed by atoms with E-state index in [9.17, 15) is 4.79 Å². The van der Waals surface area contributed by atoms with Crippen molar-refractivity contribution in [3.63, 3.8) is 0 Å². The number of carbonyl (C=O) groups is 1. The van der Waals surface area contributed by atoms with Crippen LogP contribution < -0.4 is 10.1 Å². The van der Waals surface area contributed by atoms with Crippen LogP contribution in [-0.2, 0) is 0 Å². The zero-order chi connectivity index (χ0) is 16.2. The highest BCUT2D eigenvalue weighted by atomic mass is 32.2. The number of carbonyl (C=O) groups excluding carboxylic acids is 1. The molecular weight excluding hydrogens is 316 g/mol. The van der Waals surface area contributed by atoms with Gasteiger partial charge in [-0.3, -0.25) is 0 Å². The maximum atomic E-state index is 12.3. The van der Waals surface area contributed by atoms with Crippen LogP contribution >= 0.6 is 11.8 Å². The normalized spacial score (nSPS) is 14.6. The molecule has 2 amide bonds. The molecule has 1 aliphatic heterocycles. The number of urea groups is 1. The molecule has 1 saturated heterocycles. The Bertz CT molecular complexity index is 698. The van der Waals surface area contributed by atoms with Crippen molar-refractivity contribution in [1.29, 1.82) is 0 Å². The predicted molar refractivity (Wildman–Crippen MR) is 88.4 cm³/mol. The van der Waals surface area contributed by atoms with E-state index in [0.717, 1.165) is 24.6 Å². The van der Waals surface area contributed by atoms with Gasteiger partial charge in [-0.15, -0.1) is 5.10 Å². The number of hydrogen-bond acceptors (Lipinski definition) is 6. The number of anilines is 1. The monoisotopic (exact) mass is 334 g/mol. The van der Waals surface area contributed by atoms with Crippen LogP contribution in [0.5, 0.6) is 5.75 Å². The number of amides is 2. The third-order valence-electron chi connectivity index (χ3n) is 3.58. The third-order valence-corrected chi connectivity index (χ3v) is 4.52. The van der Waals surface area contributed by atoms with E-state index in [1.54, 1.807) is 36.9 Å². The van der Waals surface area contributed by atoms with E-state index in [1.807, 2.05) is 16.7 Å². The fourth-order valence-electron chi connectivity index (χ4n) is 2.36. The van der Waals surface area contributed by atoms with E-state index >= 15 is 0 Å². The van der Waals surface area contributed by atoms with Crippen molar-refractivity contribution in [2.24, 2.45) is 0 Å². The number of tetrazole rings is 1. The standard InChI is InChI=1S/C14H18N6O2S/c1-10-16-17-18-20(10)12-9-11(3-4-13(12)22-2)15-14(21)19-5-7-23-8-6-19/h3-4,9H,5-8H2,1-2H3,(H,15,21). The molecule has 0 saturated carbocycles. The molecule has 0 unspecified atom stereocenters. The second-order valence-corrected chi connectivity index (χ2v) is 6.28. The highest BCUT2D eigenvalue weighted by Gasteiger charge is 2.18. The molecule has 0 atom stereocenters. The molecule has 1 aromatic carbocycles. The summed E-state index contributed by atoms with van der Waals surface area (Å²) in [6.07, 6.45) is 0. The van der Waals surface area contributed by atoms with E-state index < -0.39 is 0 Å². The summed E-state index contributed by atoms with van der Waals surface area (Å²) in [5, 5.41) is 14.4. The van der Waals surface area contributed by atoms with Crippen LogP contribution in [0.1, 0.15) is 5.82 Å². The SMILES string of the molecule is COc1ccc(NC(=O)N2CCSCC2)cc1-n1nnnc1C. The summed E-state index contributed by atoms with van der Waals surface area (Å²) in [4.78, 5) is 14.1. The van der Waals surface area contributed by atoms with E-state index in [0.29, 0.717) is 22.9 Å². The van der Waals surface area contributed by atoms with Crippen LogP contribution in [0.15, 0.2) is 18.2 Å². The molecule has 1 aliphatic rings. The number of aromatic nitrogens is 4. The average Bonchev–Trinajstić information content (AvgIpc) is 3.01. The Labute approximate surface area is 138 Å². The Morgan fingerprint density at radius 3 is 2.78 bits per heavy atom. The highest BCUT2D eigenvalue weighted by Crippen LogP contribution is 2.26. The quantitative estimate of drug-likeness (QED) is 0.917. The van der Waals surface area contributed by atoms with Crippen molar-refractivity contribution in [3.05, 3.63) is 24.0 Å². The number of nitrogens with one attached hydrogen (secondary N) is 1. The summed E-state index contributed by atoms with van der Waals surface area (Å²) < 4.78 is 6.93. The number of hydrogen-bond donors (Lipinski definition) is 1. The van der Waals surface area contributed by atoms with Gasteiger partial charge in [0.15, 0.2) is 5.82 Å². The first-order valence-corrected chi connectivity index (χ1v) is 8.41. The molecule has 8 nitrogen and oxygen atoms in total. The minimum atomic E-state index is -0.0881. The summed E-state index contributed by atoms with van der Waals surface area (Å²) in [5.41, 5.74) is 1.36. The smallest absolute Gasteiger partial charge is 0.321 e. The summed E-state index contributed by atoms with van der Waals surface area (Å²) >= 11 is 1.87. The Kier molecular flexibility index (Phi) is 4.65. The van der Waals surface area contributed by atoms with Gasteiger partial charge >= 0.3 is 6.03 Å². The average molecular weight is 334 g/mol. The number of rotatable bonds is 3. The van der Waals surface area contributed by atoms with Crippen molar-refractivity contribution >= 4 is 23.5 Å². The Hall–Kier alpha value is -2.29. The van der Waals surface area contributed by atoms with Crippen molar-refractivity contribution in [1.82, 2.24) is 25.1 Å². The Morgan fingerprint density at radius 2 is 2.13 bits per heavy atom. The lowest BCUT2D eigenvalue weighted by Crippen LogP contribution is -2.40. The largest absolute Gasteiger partial charge is 0.494 e. The van der Waals surface area contributed by atoms with Gasteiger partial charge < -0.3 is 15.0 Å². The van der Waals surface area contributed by atoms with Crippen LogP contribution in [0, 0.1) is 6.92 Å². The van der Waals surface area contributed by atoms with Crippen LogP contribution in [0.2, 0.25) is 0 Å². The molecule has 9 heteroatoms. The van der Waals surface area contributed by atoms with Gasteiger partial charge in [-0.05, 0) is 35.5 Å². The molecule has 23 heavy (non-hydrogen) atoms. The van der Waals surface area contributed by atoms with Gasteiger partial charge in [-0.1, -0.05) is 0 Å². The van der Waals surface area contributed by atoms with Gasteiger partial charge in [0.2, 0.25) is 0 Å². The summed E-state index contributed by atoms with van der Waals surface area (Å²) in [6.45, 7) is 3.34. The zero-order valence-electron chi connectivity index (χ0n) is 13.0. The minimum absolute atomic E-state index is 0.0881. The summed E-state index contributed by atoms with van der Waals surface area (Å²) in [6, 6.07) is 5.31. The van der Waals surface area contributed by atoms with Crippen molar-refractivity contribution < 1.29 is 9.53 Å². The Balaban J connectivity index is 1.83. The molecular formula is C14H18N6O2S. The van der Waals surface area contributed by atoms with Gasteiger partial charge in [0.25, 0.3) is 0 Å². The van der Waals surface area contributed by atoms with Crippen LogP contribution in [0.4, 0.5) is 10.5 Å². The lowest BCUT2D eigenvalue weighted by molar-refractivity contribution is 0.217. The number of nitrogens with zero attached hydrogens (tertiary/aromatic N) is 5. The molecule has 122 valence electrons. The molecule has 0 spiro atoms. The van der Waals surface area contributed by atoms with Gasteiger partial charge in [0, 0.05) is 30.3 Å². The molecule has 1 fully saturated rings. The van der Waals surface area contributed by atoms with E-state index in [1.165, 1.54) is 0 Å². The maximum Gasteiger partial charge on any atom is 0.321 e. The first-order chi connectivity index (χ1) is 11.2. The second kappa shape index (κ2) is 6.86. The molecule has 0 radical (unpaired) electrons. The van der Waals surface area contributed by atoms with E-state index in [2.05, 4.69) is 20.8 Å². The number of aryl methyl sites for hydroxylation is 1. The first kappa shape index (κ1) is 15.6. The molecule has 2 heterocycles. The van der Waals surface area contributed by atoms with Crippen molar-refractivity contribution in [2.75, 3.05) is 37.0 Å². The summed E-state index contributed by atoms with van der Waals surface area (Å²) in [7, 11) is 1.59. The molecule has 0 bridgehead atoms. The van der Waals surface area contributed by atoms with E-state index in [-0.39, 0.29) is 6.03 Å². The number of benzene rings is 1. The predicted octanol–water partition coefficient (Wildman–Crippen LogP) is 1.56. The van der Waals surface area contributed by atoms with E-state index in [4.69, 9.17) is 4.74 Å². The molecule has 1 aromatic heterocycles. The summed E-state index contributed by atoms with van der Waals surface area (Å²) in [5.74, 6) is 3.23. The first-order valence-electron chi connectivity index (χ1n) is 7.26. The molecule has 1 N–H and O–H groups in total. The fraction of sp³-hybridized carbons (Fsp3) is 0.429. The lowest BCUT2D eigenvalue weighted by Gasteiger charge is -2.26. The van der Waals surface area contributed by atoms with Crippen LogP contribution in [0.3, 0.4) is 0 Å². The number of methoxy groups -OCH3 is 1. The fourth-order valence-corrected chi connectivity index (χ4v) is 3.26. The van der Waals surface area contributed by atoms with Crippen molar-refractivity contribution in [2.45, 2.75) is 6.92 Å². The molecule has 2 aromatic rings. The lowest BCUT2D eigenvalue weighted by atomic mass is 10.2. The zero-order valence-corrected chi connectivity index (χ0v) is 13.8. The second-order valence-electron chi connectivity index (χ2n) is 5.05. The van der Waals surface area contributed by atoms with Gasteiger partial charge in [0.05, 0.1) is 7.11 Å². The number of ether oxygens (including phenoxy) is 1. The van der Waals surface area contributed by atoms with Crippen LogP contribution in [0.25, 0.3) is 5.69 Å². The highest BCUT2D eigenvalue weighted by molar-refractivity contribution is 7.99. The van der Waals surface area contributed by atoms with Crippen molar-refractivity contribution in [3.8, 4) is 11.4 Å². The topological polar surface area (TPSA) is 85.2 Å².